The summed E-state index contributed by atoms with van der Waals surface area (Å²) in [5, 5.41) is 13.7. The lowest BCUT2D eigenvalue weighted by molar-refractivity contribution is -0.113. The normalized spacial score (nSPS) is 11.5. The van der Waals surface area contributed by atoms with Gasteiger partial charge in [-0.3, -0.25) is 9.36 Å². The van der Waals surface area contributed by atoms with Crippen molar-refractivity contribution in [1.82, 2.24) is 14.8 Å². The second-order valence-corrected chi connectivity index (χ2v) is 11.0. The first-order valence-electron chi connectivity index (χ1n) is 11.1. The smallest absolute Gasteiger partial charge is 0.234 e. The van der Waals surface area contributed by atoms with Gasteiger partial charge in [-0.25, -0.2) is 0 Å². The minimum atomic E-state index is -0.151. The van der Waals surface area contributed by atoms with Gasteiger partial charge < -0.3 is 5.32 Å². The third-order valence-corrected chi connectivity index (χ3v) is 7.19. The highest BCUT2D eigenvalue weighted by Gasteiger charge is 2.19. The van der Waals surface area contributed by atoms with Gasteiger partial charge in [0.1, 0.15) is 0 Å². The van der Waals surface area contributed by atoms with Gasteiger partial charge in [-0.2, -0.15) is 0 Å². The van der Waals surface area contributed by atoms with Gasteiger partial charge in [-0.15, -0.1) is 10.2 Å². The molecule has 0 radical (unpaired) electrons. The number of thioether (sulfide) groups is 1. The van der Waals surface area contributed by atoms with Crippen molar-refractivity contribution in [2.75, 3.05) is 11.1 Å². The monoisotopic (exact) mass is 524 g/mol. The number of aromatic nitrogens is 3. The number of nitrogens with zero attached hydrogens (tertiary/aromatic N) is 3. The molecule has 0 aliphatic rings. The van der Waals surface area contributed by atoms with Crippen LogP contribution in [0, 0.1) is 6.92 Å². The van der Waals surface area contributed by atoms with Crippen molar-refractivity contribution in [2.45, 2.75) is 38.3 Å². The molecule has 0 bridgehead atoms. The fourth-order valence-electron chi connectivity index (χ4n) is 3.55. The van der Waals surface area contributed by atoms with Crippen molar-refractivity contribution in [1.29, 1.82) is 0 Å². The predicted octanol–water partition coefficient (Wildman–Crippen LogP) is 7.58. The van der Waals surface area contributed by atoms with E-state index in [1.54, 1.807) is 6.07 Å². The Morgan fingerprint density at radius 2 is 1.66 bits per heavy atom. The molecule has 4 aromatic rings. The van der Waals surface area contributed by atoms with E-state index in [1.807, 2.05) is 47.9 Å². The lowest BCUT2D eigenvalue weighted by atomic mass is 9.87. The summed E-state index contributed by atoms with van der Waals surface area (Å²) in [5.74, 6) is 0.712. The van der Waals surface area contributed by atoms with Crippen LogP contribution in [0.1, 0.15) is 31.9 Å². The number of amides is 1. The van der Waals surface area contributed by atoms with Gasteiger partial charge in [0.15, 0.2) is 11.0 Å². The van der Waals surface area contributed by atoms with E-state index in [0.29, 0.717) is 26.7 Å². The van der Waals surface area contributed by atoms with Crippen molar-refractivity contribution in [3.63, 3.8) is 0 Å². The summed E-state index contributed by atoms with van der Waals surface area (Å²) in [5.41, 5.74) is 4.62. The molecule has 1 aromatic heterocycles. The summed E-state index contributed by atoms with van der Waals surface area (Å²) < 4.78 is 1.95. The number of carbonyl (C=O) groups excluding carboxylic acids is 1. The molecular formula is C27H26Cl2N4OS. The van der Waals surface area contributed by atoms with Gasteiger partial charge in [-0.1, -0.05) is 86.1 Å². The quantitative estimate of drug-likeness (QED) is 0.264. The zero-order valence-electron chi connectivity index (χ0n) is 20.0. The molecule has 1 heterocycles. The third-order valence-electron chi connectivity index (χ3n) is 5.60. The maximum absolute atomic E-state index is 12.7. The maximum atomic E-state index is 12.7. The molecule has 0 aliphatic heterocycles. The van der Waals surface area contributed by atoms with Gasteiger partial charge in [0.25, 0.3) is 0 Å². The first-order valence-corrected chi connectivity index (χ1v) is 12.9. The van der Waals surface area contributed by atoms with Gasteiger partial charge in [-0.05, 0) is 59.9 Å². The van der Waals surface area contributed by atoms with E-state index in [9.17, 15) is 4.79 Å². The Labute approximate surface area is 219 Å². The second-order valence-electron chi connectivity index (χ2n) is 9.19. The van der Waals surface area contributed by atoms with Crippen LogP contribution in [0.15, 0.2) is 71.9 Å². The van der Waals surface area contributed by atoms with E-state index in [2.05, 4.69) is 60.6 Å². The average Bonchev–Trinajstić information content (AvgIpc) is 3.25. The summed E-state index contributed by atoms with van der Waals surface area (Å²) in [6.07, 6.45) is 0. The highest BCUT2D eigenvalue weighted by atomic mass is 35.5. The van der Waals surface area contributed by atoms with Crippen LogP contribution in [0.2, 0.25) is 10.0 Å². The van der Waals surface area contributed by atoms with Crippen LogP contribution in [0.5, 0.6) is 0 Å². The molecular weight excluding hydrogens is 499 g/mol. The lowest BCUT2D eigenvalue weighted by Gasteiger charge is -2.19. The average molecular weight is 526 g/mol. The summed E-state index contributed by atoms with van der Waals surface area (Å²) in [6, 6.07) is 21.3. The molecule has 180 valence electrons. The van der Waals surface area contributed by atoms with Crippen LogP contribution in [-0.2, 0) is 10.2 Å². The van der Waals surface area contributed by atoms with Gasteiger partial charge in [0, 0.05) is 27.0 Å². The first kappa shape index (κ1) is 25.3. The fraction of sp³-hybridized carbons (Fsp3) is 0.222. The van der Waals surface area contributed by atoms with Gasteiger partial charge in [0.05, 0.1) is 5.75 Å². The van der Waals surface area contributed by atoms with E-state index in [-0.39, 0.29) is 17.1 Å². The number of benzene rings is 3. The molecule has 0 aliphatic carbocycles. The molecule has 0 saturated carbocycles. The van der Waals surface area contributed by atoms with E-state index < -0.39 is 0 Å². The molecule has 8 heteroatoms. The van der Waals surface area contributed by atoms with Crippen LogP contribution in [0.25, 0.3) is 17.1 Å². The topological polar surface area (TPSA) is 59.8 Å². The Bertz CT molecular complexity index is 1340. The Morgan fingerprint density at radius 3 is 2.31 bits per heavy atom. The zero-order valence-corrected chi connectivity index (χ0v) is 22.3. The fourth-order valence-corrected chi connectivity index (χ4v) is 4.60. The summed E-state index contributed by atoms with van der Waals surface area (Å²) in [7, 11) is 0. The molecule has 1 amide bonds. The number of hydrogen-bond donors (Lipinski definition) is 1. The molecule has 4 rings (SSSR count). The highest BCUT2D eigenvalue weighted by molar-refractivity contribution is 7.99. The molecule has 0 atom stereocenters. The molecule has 5 nitrogen and oxygen atoms in total. The SMILES string of the molecule is Cc1c(Cl)cccc1NC(=O)CSc1nnc(-c2ccc(C(C)(C)C)cc2)n1-c1ccc(Cl)cc1. The van der Waals surface area contributed by atoms with E-state index in [1.165, 1.54) is 17.3 Å². The number of halogens is 2. The molecule has 3 aromatic carbocycles. The first-order chi connectivity index (χ1) is 16.6. The number of carbonyl (C=O) groups is 1. The minimum absolute atomic E-state index is 0.0537. The largest absolute Gasteiger partial charge is 0.325 e. The summed E-state index contributed by atoms with van der Waals surface area (Å²) in [6.45, 7) is 8.42. The third kappa shape index (κ3) is 5.89. The molecule has 0 spiro atoms. The Hall–Kier alpha value is -2.80. The van der Waals surface area contributed by atoms with Crippen LogP contribution in [0.3, 0.4) is 0 Å². The van der Waals surface area contributed by atoms with Gasteiger partial charge >= 0.3 is 0 Å². The van der Waals surface area contributed by atoms with Crippen molar-refractivity contribution in [3.05, 3.63) is 87.9 Å². The Morgan fingerprint density at radius 1 is 0.971 bits per heavy atom. The molecule has 0 fully saturated rings. The van der Waals surface area contributed by atoms with Crippen molar-refractivity contribution in [2.24, 2.45) is 0 Å². The zero-order chi connectivity index (χ0) is 25.2. The van der Waals surface area contributed by atoms with E-state index >= 15 is 0 Å². The molecule has 0 unspecified atom stereocenters. The molecule has 0 saturated heterocycles. The van der Waals surface area contributed by atoms with Crippen LogP contribution >= 0.6 is 35.0 Å². The van der Waals surface area contributed by atoms with Crippen LogP contribution in [0.4, 0.5) is 5.69 Å². The molecule has 35 heavy (non-hydrogen) atoms. The van der Waals surface area contributed by atoms with E-state index in [0.717, 1.165) is 16.8 Å². The van der Waals surface area contributed by atoms with E-state index in [4.69, 9.17) is 23.2 Å². The highest BCUT2D eigenvalue weighted by Crippen LogP contribution is 2.31. The summed E-state index contributed by atoms with van der Waals surface area (Å²) >= 11 is 13.6. The second kappa shape index (κ2) is 10.4. The number of nitrogens with one attached hydrogen (secondary N) is 1. The maximum Gasteiger partial charge on any atom is 0.234 e. The standard InChI is InChI=1S/C27H26Cl2N4OS/c1-17-22(29)6-5-7-23(17)30-24(34)16-35-26-32-31-25(33(26)21-14-12-20(28)13-15-21)18-8-10-19(11-9-18)27(2,3)4/h5-15H,16H2,1-4H3,(H,30,34). The Kier molecular flexibility index (Phi) is 7.55. The lowest BCUT2D eigenvalue weighted by Crippen LogP contribution is -2.15. The van der Waals surface area contributed by atoms with Crippen LogP contribution in [-0.4, -0.2) is 26.4 Å². The van der Waals surface area contributed by atoms with Crippen molar-refractivity contribution < 1.29 is 4.79 Å². The molecule has 1 N–H and O–H groups in total. The summed E-state index contributed by atoms with van der Waals surface area (Å²) in [4.78, 5) is 12.7. The predicted molar refractivity (Wildman–Crippen MR) is 146 cm³/mol. The number of rotatable bonds is 6. The number of anilines is 1. The minimum Gasteiger partial charge on any atom is -0.325 e. The van der Waals surface area contributed by atoms with Gasteiger partial charge in [0.2, 0.25) is 5.91 Å². The van der Waals surface area contributed by atoms with Crippen molar-refractivity contribution >= 4 is 46.6 Å². The Balaban J connectivity index is 1.62. The number of hydrogen-bond acceptors (Lipinski definition) is 4. The van der Waals surface area contributed by atoms with Crippen molar-refractivity contribution in [3.8, 4) is 17.1 Å². The van der Waals surface area contributed by atoms with Crippen LogP contribution < -0.4 is 5.32 Å².